The van der Waals surface area contributed by atoms with E-state index in [-0.39, 0.29) is 25.5 Å². The van der Waals surface area contributed by atoms with Crippen molar-refractivity contribution < 1.29 is 19.1 Å². The predicted octanol–water partition coefficient (Wildman–Crippen LogP) is 0.712. The lowest BCUT2D eigenvalue weighted by atomic mass is 10.1. The molecule has 0 bridgehead atoms. The van der Waals surface area contributed by atoms with Crippen LogP contribution in [0.4, 0.5) is 0 Å². The number of hydrogen-bond acceptors (Lipinski definition) is 7. The number of aryl methyl sites for hydroxylation is 2. The zero-order chi connectivity index (χ0) is 19.1. The molecule has 0 N–H and O–H groups in total. The maximum Gasteiger partial charge on any atom is 0.325 e. The average Bonchev–Trinajstić information content (AvgIpc) is 3.06. The Labute approximate surface area is 152 Å². The van der Waals surface area contributed by atoms with Crippen molar-refractivity contribution in [3.05, 3.63) is 23.3 Å². The molecule has 1 amide bonds. The average molecular weight is 363 g/mol. The molecule has 0 aliphatic carbocycles. The number of nitrogens with zero attached hydrogens (tertiary/aromatic N) is 5. The summed E-state index contributed by atoms with van der Waals surface area (Å²) in [7, 11) is 1.55. The molecule has 2 aromatic rings. The quantitative estimate of drug-likeness (QED) is 0.605. The number of rotatable bonds is 9. The summed E-state index contributed by atoms with van der Waals surface area (Å²) in [6.07, 6.45) is 2.22. The Hall–Kier alpha value is -2.55. The fourth-order valence-electron chi connectivity index (χ4n) is 2.76. The van der Waals surface area contributed by atoms with E-state index in [4.69, 9.17) is 9.47 Å². The van der Waals surface area contributed by atoms with Gasteiger partial charge in [0.25, 0.3) is 5.78 Å². The number of methoxy groups -OCH3 is 1. The van der Waals surface area contributed by atoms with Gasteiger partial charge in [0.05, 0.1) is 13.2 Å². The molecule has 0 aliphatic rings. The minimum atomic E-state index is -0.421. The normalized spacial score (nSPS) is 10.9. The molecule has 0 radical (unpaired) electrons. The van der Waals surface area contributed by atoms with Crippen LogP contribution in [0.1, 0.15) is 30.3 Å². The van der Waals surface area contributed by atoms with Gasteiger partial charge < -0.3 is 14.4 Å². The Morgan fingerprint density at radius 2 is 2.08 bits per heavy atom. The fourth-order valence-corrected chi connectivity index (χ4v) is 2.76. The van der Waals surface area contributed by atoms with E-state index in [2.05, 4.69) is 15.1 Å². The molecule has 2 rings (SSSR count). The van der Waals surface area contributed by atoms with Crippen molar-refractivity contribution in [3.8, 4) is 0 Å². The van der Waals surface area contributed by atoms with Gasteiger partial charge in [-0.2, -0.15) is 10.1 Å². The van der Waals surface area contributed by atoms with Crippen molar-refractivity contribution in [2.45, 2.75) is 33.6 Å². The van der Waals surface area contributed by atoms with Crippen molar-refractivity contribution in [1.82, 2.24) is 24.5 Å². The van der Waals surface area contributed by atoms with Crippen LogP contribution in [-0.2, 0) is 25.5 Å². The monoisotopic (exact) mass is 363 g/mol. The molecule has 2 heterocycles. The number of amides is 1. The maximum absolute atomic E-state index is 12.6. The number of fused-ring (bicyclic) bond motifs is 1. The SMILES string of the molecule is CCOC(=O)CN(CCOC)C(=O)CCc1c(C)nc2ncnn2c1C. The van der Waals surface area contributed by atoms with E-state index in [0.29, 0.717) is 25.4 Å². The third-order valence-electron chi connectivity index (χ3n) is 4.12. The zero-order valence-electron chi connectivity index (χ0n) is 15.7. The topological polar surface area (TPSA) is 98.9 Å². The van der Waals surface area contributed by atoms with Crippen LogP contribution in [0.5, 0.6) is 0 Å². The lowest BCUT2D eigenvalue weighted by molar-refractivity contribution is -0.149. The Balaban J connectivity index is 2.07. The molecule has 9 nitrogen and oxygen atoms in total. The Kier molecular flexibility index (Phi) is 7.02. The van der Waals surface area contributed by atoms with Crippen molar-refractivity contribution in [2.75, 3.05) is 33.4 Å². The first-order chi connectivity index (χ1) is 12.5. The summed E-state index contributed by atoms with van der Waals surface area (Å²) in [4.78, 5) is 34.3. The molecule has 2 aromatic heterocycles. The molecule has 0 saturated heterocycles. The molecule has 0 atom stereocenters. The van der Waals surface area contributed by atoms with Gasteiger partial charge >= 0.3 is 5.97 Å². The number of aromatic nitrogens is 4. The van der Waals surface area contributed by atoms with E-state index in [0.717, 1.165) is 17.0 Å². The summed E-state index contributed by atoms with van der Waals surface area (Å²) in [5.41, 5.74) is 2.69. The highest BCUT2D eigenvalue weighted by Crippen LogP contribution is 2.15. The molecular formula is C17H25N5O4. The van der Waals surface area contributed by atoms with Crippen LogP contribution in [0.2, 0.25) is 0 Å². The summed E-state index contributed by atoms with van der Waals surface area (Å²) in [6.45, 7) is 6.46. The second kappa shape index (κ2) is 9.23. The van der Waals surface area contributed by atoms with Crippen molar-refractivity contribution >= 4 is 17.7 Å². The van der Waals surface area contributed by atoms with Gasteiger partial charge in [0.1, 0.15) is 12.9 Å². The van der Waals surface area contributed by atoms with E-state index >= 15 is 0 Å². The first kappa shape index (κ1) is 19.8. The van der Waals surface area contributed by atoms with Gasteiger partial charge in [-0.05, 0) is 32.8 Å². The van der Waals surface area contributed by atoms with Gasteiger partial charge in [-0.25, -0.2) is 9.50 Å². The molecule has 9 heteroatoms. The van der Waals surface area contributed by atoms with Crippen LogP contribution in [-0.4, -0.2) is 69.8 Å². The van der Waals surface area contributed by atoms with Crippen LogP contribution in [0.25, 0.3) is 5.78 Å². The predicted molar refractivity (Wildman–Crippen MR) is 93.7 cm³/mol. The molecule has 142 valence electrons. The van der Waals surface area contributed by atoms with Crippen LogP contribution in [0.3, 0.4) is 0 Å². The van der Waals surface area contributed by atoms with Gasteiger partial charge in [0.2, 0.25) is 5.91 Å². The molecule has 0 fully saturated rings. The van der Waals surface area contributed by atoms with E-state index in [9.17, 15) is 9.59 Å². The highest BCUT2D eigenvalue weighted by molar-refractivity contribution is 5.82. The highest BCUT2D eigenvalue weighted by Gasteiger charge is 2.19. The van der Waals surface area contributed by atoms with Crippen LogP contribution in [0, 0.1) is 13.8 Å². The third-order valence-corrected chi connectivity index (χ3v) is 4.12. The van der Waals surface area contributed by atoms with E-state index in [1.807, 2.05) is 13.8 Å². The summed E-state index contributed by atoms with van der Waals surface area (Å²) in [6, 6.07) is 0. The molecule has 0 aromatic carbocycles. The lowest BCUT2D eigenvalue weighted by Gasteiger charge is -2.21. The van der Waals surface area contributed by atoms with Crippen LogP contribution in [0.15, 0.2) is 6.33 Å². The first-order valence-electron chi connectivity index (χ1n) is 8.56. The second-order valence-electron chi connectivity index (χ2n) is 5.85. The largest absolute Gasteiger partial charge is 0.465 e. The lowest BCUT2D eigenvalue weighted by Crippen LogP contribution is -2.38. The van der Waals surface area contributed by atoms with Crippen LogP contribution >= 0.6 is 0 Å². The van der Waals surface area contributed by atoms with Gasteiger partial charge in [-0.15, -0.1) is 0 Å². The molecule has 0 saturated carbocycles. The van der Waals surface area contributed by atoms with Gasteiger partial charge in [-0.1, -0.05) is 0 Å². The maximum atomic E-state index is 12.6. The molecule has 0 aliphatic heterocycles. The zero-order valence-corrected chi connectivity index (χ0v) is 15.7. The summed E-state index contributed by atoms with van der Waals surface area (Å²) >= 11 is 0. The minimum Gasteiger partial charge on any atom is -0.465 e. The molecular weight excluding hydrogens is 338 g/mol. The number of carbonyl (C=O) groups is 2. The van der Waals surface area contributed by atoms with Crippen molar-refractivity contribution in [1.29, 1.82) is 0 Å². The molecule has 0 unspecified atom stereocenters. The first-order valence-corrected chi connectivity index (χ1v) is 8.56. The molecule has 0 spiro atoms. The number of carbonyl (C=O) groups excluding carboxylic acids is 2. The summed E-state index contributed by atoms with van der Waals surface area (Å²) < 4.78 is 11.6. The third kappa shape index (κ3) is 4.75. The standard InChI is InChI=1S/C17H25N5O4/c1-5-26-16(24)10-21(8-9-25-4)15(23)7-6-14-12(2)20-17-18-11-19-22(17)13(14)3/h11H,5-10H2,1-4H3. The minimum absolute atomic E-state index is 0.0750. The van der Waals surface area contributed by atoms with Gasteiger partial charge in [0, 0.05) is 31.5 Å². The number of esters is 1. The van der Waals surface area contributed by atoms with Crippen molar-refractivity contribution in [3.63, 3.8) is 0 Å². The fraction of sp³-hybridized carbons (Fsp3) is 0.588. The Bertz CT molecular complexity index is 774. The van der Waals surface area contributed by atoms with Crippen molar-refractivity contribution in [2.24, 2.45) is 0 Å². The van der Waals surface area contributed by atoms with Gasteiger partial charge in [0.15, 0.2) is 0 Å². The number of hydrogen-bond donors (Lipinski definition) is 0. The van der Waals surface area contributed by atoms with Crippen LogP contribution < -0.4 is 0 Å². The Morgan fingerprint density at radius 1 is 1.31 bits per heavy atom. The number of ether oxygens (including phenoxy) is 2. The van der Waals surface area contributed by atoms with E-state index in [1.165, 1.54) is 11.2 Å². The smallest absolute Gasteiger partial charge is 0.325 e. The summed E-state index contributed by atoms with van der Waals surface area (Å²) in [5.74, 6) is -0.0123. The van der Waals surface area contributed by atoms with E-state index in [1.54, 1.807) is 18.5 Å². The second-order valence-corrected chi connectivity index (χ2v) is 5.85. The highest BCUT2D eigenvalue weighted by atomic mass is 16.5. The molecule has 26 heavy (non-hydrogen) atoms. The van der Waals surface area contributed by atoms with Gasteiger partial charge in [-0.3, -0.25) is 9.59 Å². The van der Waals surface area contributed by atoms with E-state index < -0.39 is 5.97 Å². The Morgan fingerprint density at radius 3 is 2.77 bits per heavy atom. The summed E-state index contributed by atoms with van der Waals surface area (Å²) in [5, 5.41) is 4.15.